The Morgan fingerprint density at radius 2 is 1.95 bits per heavy atom. The van der Waals surface area contributed by atoms with Gasteiger partial charge in [0.1, 0.15) is 5.75 Å². The lowest BCUT2D eigenvalue weighted by atomic mass is 9.86. The second-order valence-corrected chi connectivity index (χ2v) is 5.81. The number of rotatable bonds is 4. The van der Waals surface area contributed by atoms with E-state index < -0.39 is 0 Å². The highest BCUT2D eigenvalue weighted by Gasteiger charge is 2.11. The molecule has 1 aromatic carbocycles. The van der Waals surface area contributed by atoms with E-state index in [-0.39, 0.29) is 5.78 Å². The van der Waals surface area contributed by atoms with Crippen molar-refractivity contribution in [2.75, 3.05) is 12.8 Å². The van der Waals surface area contributed by atoms with Crippen LogP contribution >= 0.6 is 0 Å². The fourth-order valence-corrected chi connectivity index (χ4v) is 2.81. The second kappa shape index (κ2) is 9.43. The molecule has 0 saturated heterocycles. The van der Waals surface area contributed by atoms with Crippen molar-refractivity contribution in [2.45, 2.75) is 58.8 Å². The number of Topliss-reactive ketones (excluding diaryl/α,β-unsaturated/α-hetero) is 1. The zero-order valence-corrected chi connectivity index (χ0v) is 13.7. The van der Waals surface area contributed by atoms with Gasteiger partial charge in [0.25, 0.3) is 0 Å². The number of ether oxygens (including phenoxy) is 1. The van der Waals surface area contributed by atoms with Crippen LogP contribution in [0.15, 0.2) is 18.2 Å². The number of ketones is 1. The molecule has 0 aliphatic heterocycles. The number of benzene rings is 1. The number of carbonyl (C=O) groups is 1. The van der Waals surface area contributed by atoms with Gasteiger partial charge in [-0.2, -0.15) is 0 Å². The second-order valence-electron chi connectivity index (χ2n) is 5.81. The smallest absolute Gasteiger partial charge is 0.159 e. The van der Waals surface area contributed by atoms with Crippen LogP contribution in [0, 0.1) is 5.92 Å². The third-order valence-electron chi connectivity index (χ3n) is 4.06. The van der Waals surface area contributed by atoms with Crippen LogP contribution in [0.2, 0.25) is 0 Å². The first kappa shape index (κ1) is 17.5. The van der Waals surface area contributed by atoms with Gasteiger partial charge in [0.2, 0.25) is 0 Å². The Hall–Kier alpha value is -1.51. The molecule has 118 valence electrons. The van der Waals surface area contributed by atoms with E-state index in [0.29, 0.717) is 17.0 Å². The molecule has 3 nitrogen and oxygen atoms in total. The van der Waals surface area contributed by atoms with Crippen molar-refractivity contribution in [2.24, 2.45) is 5.92 Å². The van der Waals surface area contributed by atoms with E-state index in [2.05, 4.69) is 6.92 Å². The molecule has 0 atom stereocenters. The van der Waals surface area contributed by atoms with E-state index >= 15 is 0 Å². The summed E-state index contributed by atoms with van der Waals surface area (Å²) in [5, 5.41) is 0. The molecule has 2 N–H and O–H groups in total. The van der Waals surface area contributed by atoms with Crippen LogP contribution in [-0.4, -0.2) is 12.9 Å². The molecule has 0 radical (unpaired) electrons. The van der Waals surface area contributed by atoms with E-state index in [1.54, 1.807) is 18.2 Å². The summed E-state index contributed by atoms with van der Waals surface area (Å²) < 4.78 is 4.96. The Morgan fingerprint density at radius 3 is 2.48 bits per heavy atom. The maximum absolute atomic E-state index is 10.9. The van der Waals surface area contributed by atoms with Crippen LogP contribution in [0.5, 0.6) is 5.75 Å². The molecule has 0 spiro atoms. The fraction of sp³-hybridized carbons (Fsp3) is 0.611. The zero-order chi connectivity index (χ0) is 15.7. The van der Waals surface area contributed by atoms with Crippen molar-refractivity contribution in [3.05, 3.63) is 23.8 Å². The molecule has 1 aliphatic carbocycles. The largest absolute Gasteiger partial charge is 0.495 e. The summed E-state index contributed by atoms with van der Waals surface area (Å²) in [7, 11) is 1.52. The molecule has 3 heteroatoms. The molecule has 0 aromatic heterocycles. The van der Waals surface area contributed by atoms with E-state index in [4.69, 9.17) is 10.5 Å². The van der Waals surface area contributed by atoms with Gasteiger partial charge < -0.3 is 10.5 Å². The minimum atomic E-state index is 0.00769. The normalized spacial score (nSPS) is 15.0. The first-order chi connectivity index (χ1) is 10.1. The average molecular weight is 291 g/mol. The maximum atomic E-state index is 10.9. The predicted octanol–water partition coefficient (Wildman–Crippen LogP) is 4.85. The monoisotopic (exact) mass is 291 g/mol. The lowest BCUT2D eigenvalue weighted by Crippen LogP contribution is -2.04. The number of anilines is 1. The molecule has 0 heterocycles. The SMILES string of the molecule is CCCC1CCCCC1.COc1cc(C(C)=O)ccc1N. The quantitative estimate of drug-likeness (QED) is 0.637. The molecule has 1 aliphatic rings. The summed E-state index contributed by atoms with van der Waals surface area (Å²) >= 11 is 0. The van der Waals surface area contributed by atoms with Crippen molar-refractivity contribution in [1.82, 2.24) is 0 Å². The van der Waals surface area contributed by atoms with Gasteiger partial charge in [0.15, 0.2) is 5.78 Å². The van der Waals surface area contributed by atoms with E-state index in [1.165, 1.54) is 59.0 Å². The zero-order valence-electron chi connectivity index (χ0n) is 13.7. The number of hydrogen-bond acceptors (Lipinski definition) is 3. The third kappa shape index (κ3) is 6.19. The topological polar surface area (TPSA) is 52.3 Å². The summed E-state index contributed by atoms with van der Waals surface area (Å²) in [5.74, 6) is 1.65. The summed E-state index contributed by atoms with van der Waals surface area (Å²) in [6.45, 7) is 3.81. The number of methoxy groups -OCH3 is 1. The van der Waals surface area contributed by atoms with Gasteiger partial charge in [-0.15, -0.1) is 0 Å². The van der Waals surface area contributed by atoms with Gasteiger partial charge in [-0.1, -0.05) is 51.9 Å². The molecule has 0 unspecified atom stereocenters. The van der Waals surface area contributed by atoms with Crippen LogP contribution in [0.4, 0.5) is 5.69 Å². The van der Waals surface area contributed by atoms with Crippen LogP contribution < -0.4 is 10.5 Å². The van der Waals surface area contributed by atoms with E-state index in [9.17, 15) is 4.79 Å². The molecule has 2 rings (SSSR count). The van der Waals surface area contributed by atoms with Crippen LogP contribution in [0.3, 0.4) is 0 Å². The average Bonchev–Trinajstić information content (AvgIpc) is 2.49. The van der Waals surface area contributed by atoms with Crippen molar-refractivity contribution in [1.29, 1.82) is 0 Å². The standard InChI is InChI=1S/C9H11NO2.C9H18/c1-6(11)7-3-4-8(10)9(5-7)12-2;1-2-6-9-7-4-3-5-8-9/h3-5H,10H2,1-2H3;9H,2-8H2,1H3. The van der Waals surface area contributed by atoms with Gasteiger partial charge in [0, 0.05) is 5.56 Å². The number of nitrogen functional groups attached to an aromatic ring is 1. The van der Waals surface area contributed by atoms with E-state index in [0.717, 1.165) is 5.92 Å². The summed E-state index contributed by atoms with van der Waals surface area (Å²) in [6.07, 6.45) is 10.4. The van der Waals surface area contributed by atoms with Crippen LogP contribution in [-0.2, 0) is 0 Å². The van der Waals surface area contributed by atoms with Gasteiger partial charge in [-0.3, -0.25) is 4.79 Å². The summed E-state index contributed by atoms with van der Waals surface area (Å²) in [5.41, 5.74) is 6.72. The van der Waals surface area contributed by atoms with E-state index in [1.807, 2.05) is 0 Å². The maximum Gasteiger partial charge on any atom is 0.159 e. The van der Waals surface area contributed by atoms with Crippen LogP contribution in [0.25, 0.3) is 0 Å². The molecule has 0 bridgehead atoms. The lowest BCUT2D eigenvalue weighted by Gasteiger charge is -2.20. The molecule has 1 aromatic rings. The Balaban J connectivity index is 0.000000219. The van der Waals surface area contributed by atoms with Gasteiger partial charge in [-0.25, -0.2) is 0 Å². The lowest BCUT2D eigenvalue weighted by molar-refractivity contribution is 0.101. The van der Waals surface area contributed by atoms with Gasteiger partial charge in [0.05, 0.1) is 12.8 Å². The van der Waals surface area contributed by atoms with Crippen molar-refractivity contribution < 1.29 is 9.53 Å². The molecule has 1 fully saturated rings. The van der Waals surface area contributed by atoms with Gasteiger partial charge >= 0.3 is 0 Å². The van der Waals surface area contributed by atoms with Crippen molar-refractivity contribution in [3.8, 4) is 5.75 Å². The Bertz CT molecular complexity index is 434. The van der Waals surface area contributed by atoms with Gasteiger partial charge in [-0.05, 0) is 31.0 Å². The molecule has 0 amide bonds. The van der Waals surface area contributed by atoms with Crippen LogP contribution in [0.1, 0.15) is 69.2 Å². The first-order valence-corrected chi connectivity index (χ1v) is 8.03. The molecule has 1 saturated carbocycles. The minimum absolute atomic E-state index is 0.00769. The van der Waals surface area contributed by atoms with Crippen molar-refractivity contribution in [3.63, 3.8) is 0 Å². The summed E-state index contributed by atoms with van der Waals surface area (Å²) in [4.78, 5) is 10.9. The molecular formula is C18H29NO2. The third-order valence-corrected chi connectivity index (χ3v) is 4.06. The number of hydrogen-bond donors (Lipinski definition) is 1. The number of carbonyl (C=O) groups excluding carboxylic acids is 1. The predicted molar refractivity (Wildman–Crippen MR) is 88.9 cm³/mol. The highest BCUT2D eigenvalue weighted by Crippen LogP contribution is 2.26. The fourth-order valence-electron chi connectivity index (χ4n) is 2.81. The Kier molecular flexibility index (Phi) is 7.88. The summed E-state index contributed by atoms with van der Waals surface area (Å²) in [6, 6.07) is 4.98. The number of nitrogens with two attached hydrogens (primary N) is 1. The first-order valence-electron chi connectivity index (χ1n) is 8.03. The van der Waals surface area contributed by atoms with Crippen molar-refractivity contribution >= 4 is 11.5 Å². The highest BCUT2D eigenvalue weighted by molar-refractivity contribution is 5.95. The molecular weight excluding hydrogens is 262 g/mol. The Morgan fingerprint density at radius 1 is 1.29 bits per heavy atom. The highest BCUT2D eigenvalue weighted by atomic mass is 16.5. The molecule has 21 heavy (non-hydrogen) atoms. The Labute approximate surface area is 128 Å². The minimum Gasteiger partial charge on any atom is -0.495 e.